The minimum Gasteiger partial charge on any atom is -0.481 e. The van der Waals surface area contributed by atoms with Crippen LogP contribution in [0.25, 0.3) is 21.8 Å². The van der Waals surface area contributed by atoms with Crippen molar-refractivity contribution in [1.82, 2.24) is 47.2 Å². The molecule has 0 unspecified atom stereocenters. The number of primary amides is 2. The van der Waals surface area contributed by atoms with E-state index >= 15 is 0 Å². The number of nitrogens with two attached hydrogens (primary N) is 5. The standard InChI is InChI=1S/C50H69N15O13/c1-25(2)18-36(64-47(75)37(20-27-23-58-32-11-6-4-9-29(27)32)63-43(71)30(51)19-26-22-57-31-10-5-3-8-28(26)31)46(74)65-38(21-40(53)67)48(76)61-34(13-15-39(52)66)44(72)59-24-41(68)60-33(12-7-17-56-50(54)55)45(73)62-35(49(77)78)14-16-42(69)70/h3-6,8-11,22-23,25,30,33-38,57-58H,7,12-21,24,51H2,1-2H3,(H2,52,66)(H2,53,67)(H,59,72)(H,60,68)(H,61,76)(H,62,73)(H,63,71)(H,64,75)(H,65,74)(H,69,70)(H,77,78)(H4,54,55,56)/t30-,33-,34-,35-,36-,37-,38-/m0/s1. The summed E-state index contributed by atoms with van der Waals surface area (Å²) in [4.78, 5) is 154. The van der Waals surface area contributed by atoms with Crippen LogP contribution in [0, 0.1) is 5.92 Å². The molecule has 78 heavy (non-hydrogen) atoms. The molecule has 28 heteroatoms. The average Bonchev–Trinajstić information content (AvgIpc) is 3.98. The zero-order valence-corrected chi connectivity index (χ0v) is 43.1. The lowest BCUT2D eigenvalue weighted by atomic mass is 9.99. The second-order valence-electron chi connectivity index (χ2n) is 18.9. The normalized spacial score (nSPS) is 13.8. The molecule has 0 aliphatic heterocycles. The molecule has 21 N–H and O–H groups in total. The molecular weight excluding hydrogens is 1020 g/mol. The third-order valence-corrected chi connectivity index (χ3v) is 12.2. The number of guanidine groups is 1. The topological polar surface area (TPSA) is 486 Å². The van der Waals surface area contributed by atoms with E-state index in [9.17, 15) is 57.8 Å². The number of carbonyl (C=O) groups is 11. The van der Waals surface area contributed by atoms with Crippen LogP contribution in [0.3, 0.4) is 0 Å². The highest BCUT2D eigenvalue weighted by atomic mass is 16.4. The third kappa shape index (κ3) is 19.9. The number of hydrogen-bond donors (Lipinski definition) is 16. The lowest BCUT2D eigenvalue weighted by Crippen LogP contribution is -2.60. The quantitative estimate of drug-likeness (QED) is 0.0128. The number of aliphatic carboxylic acids is 2. The first-order valence-electron chi connectivity index (χ1n) is 24.9. The van der Waals surface area contributed by atoms with E-state index in [0.717, 1.165) is 27.4 Å². The Morgan fingerprint density at radius 1 is 0.564 bits per heavy atom. The largest absolute Gasteiger partial charge is 0.481 e. The monoisotopic (exact) mass is 1090 g/mol. The van der Waals surface area contributed by atoms with Crippen molar-refractivity contribution in [2.45, 2.75) is 120 Å². The van der Waals surface area contributed by atoms with E-state index in [2.05, 4.69) is 52.2 Å². The number of rotatable bonds is 33. The molecule has 422 valence electrons. The van der Waals surface area contributed by atoms with Crippen molar-refractivity contribution < 1.29 is 63.0 Å². The highest BCUT2D eigenvalue weighted by molar-refractivity contribution is 5.99. The molecule has 28 nitrogen and oxygen atoms in total. The van der Waals surface area contributed by atoms with Gasteiger partial charge >= 0.3 is 11.9 Å². The molecule has 9 amide bonds. The van der Waals surface area contributed by atoms with Crippen LogP contribution in [0.4, 0.5) is 0 Å². The average molecular weight is 1090 g/mol. The van der Waals surface area contributed by atoms with Crippen molar-refractivity contribution in [1.29, 1.82) is 0 Å². The Balaban J connectivity index is 1.51. The molecular formula is C50H69N15O13. The molecule has 0 fully saturated rings. The molecule has 0 radical (unpaired) electrons. The predicted molar refractivity (Wildman–Crippen MR) is 283 cm³/mol. The number of carboxylic acid groups (broad SMARTS) is 2. The Bertz CT molecular complexity index is 2840. The summed E-state index contributed by atoms with van der Waals surface area (Å²) >= 11 is 0. The van der Waals surface area contributed by atoms with Crippen LogP contribution in [0.5, 0.6) is 0 Å². The summed E-state index contributed by atoms with van der Waals surface area (Å²) in [5.41, 5.74) is 31.0. The van der Waals surface area contributed by atoms with Gasteiger partial charge in [-0.2, -0.15) is 0 Å². The van der Waals surface area contributed by atoms with Crippen LogP contribution in [-0.2, 0) is 65.6 Å². The Morgan fingerprint density at radius 2 is 1.06 bits per heavy atom. The number of carboxylic acids is 2. The number of nitrogens with zero attached hydrogens (tertiary/aromatic N) is 1. The zero-order chi connectivity index (χ0) is 57.6. The van der Waals surface area contributed by atoms with Crippen molar-refractivity contribution in [2.24, 2.45) is 39.6 Å². The number of amides is 9. The number of para-hydroxylation sites is 2. The van der Waals surface area contributed by atoms with Gasteiger partial charge in [-0.05, 0) is 67.7 Å². The van der Waals surface area contributed by atoms with E-state index in [0.29, 0.717) is 5.56 Å². The summed E-state index contributed by atoms with van der Waals surface area (Å²) in [6.07, 6.45) is 0.510. The number of aliphatic imine (C=N–C) groups is 1. The molecule has 0 saturated heterocycles. The van der Waals surface area contributed by atoms with Gasteiger partial charge in [0, 0.05) is 60.0 Å². The number of aromatic amines is 2. The van der Waals surface area contributed by atoms with E-state index in [1.807, 2.05) is 42.5 Å². The summed E-state index contributed by atoms with van der Waals surface area (Å²) in [5, 5.41) is 37.2. The van der Waals surface area contributed by atoms with Crippen LogP contribution >= 0.6 is 0 Å². The van der Waals surface area contributed by atoms with Gasteiger partial charge < -0.3 is 86.1 Å². The van der Waals surface area contributed by atoms with Gasteiger partial charge in [-0.25, -0.2) is 4.79 Å². The summed E-state index contributed by atoms with van der Waals surface area (Å²) < 4.78 is 0. The number of hydrogen-bond acceptors (Lipinski definition) is 13. The second kappa shape index (κ2) is 29.9. The fraction of sp³-hybridized carbons (Fsp3) is 0.440. The van der Waals surface area contributed by atoms with Gasteiger partial charge in [-0.1, -0.05) is 50.2 Å². The van der Waals surface area contributed by atoms with Crippen molar-refractivity contribution in [3.05, 3.63) is 72.1 Å². The summed E-state index contributed by atoms with van der Waals surface area (Å²) in [6, 6.07) is 4.38. The second-order valence-corrected chi connectivity index (χ2v) is 18.9. The van der Waals surface area contributed by atoms with Gasteiger partial charge in [0.25, 0.3) is 0 Å². The highest BCUT2D eigenvalue weighted by Gasteiger charge is 2.34. The number of H-pyrrole nitrogens is 2. The van der Waals surface area contributed by atoms with Crippen molar-refractivity contribution in [2.75, 3.05) is 13.1 Å². The molecule has 0 aliphatic rings. The van der Waals surface area contributed by atoms with Crippen molar-refractivity contribution in [3.8, 4) is 0 Å². The third-order valence-electron chi connectivity index (χ3n) is 12.2. The molecule has 2 aromatic carbocycles. The number of carbonyl (C=O) groups excluding carboxylic acids is 9. The molecule has 0 aliphatic carbocycles. The first-order valence-corrected chi connectivity index (χ1v) is 24.9. The van der Waals surface area contributed by atoms with Crippen LogP contribution < -0.4 is 65.9 Å². The first-order chi connectivity index (χ1) is 36.9. The van der Waals surface area contributed by atoms with E-state index in [-0.39, 0.29) is 50.5 Å². The van der Waals surface area contributed by atoms with Crippen LogP contribution in [0.1, 0.15) is 76.3 Å². The maximum atomic E-state index is 14.4. The zero-order valence-electron chi connectivity index (χ0n) is 43.1. The van der Waals surface area contributed by atoms with Crippen molar-refractivity contribution in [3.63, 3.8) is 0 Å². The minimum absolute atomic E-state index is 0.0120. The maximum absolute atomic E-state index is 14.4. The molecule has 0 spiro atoms. The molecule has 0 bridgehead atoms. The lowest BCUT2D eigenvalue weighted by Gasteiger charge is -2.27. The fourth-order valence-electron chi connectivity index (χ4n) is 8.23. The molecule has 4 rings (SSSR count). The van der Waals surface area contributed by atoms with Gasteiger partial charge in [0.15, 0.2) is 5.96 Å². The Labute approximate surface area is 446 Å². The lowest BCUT2D eigenvalue weighted by molar-refractivity contribution is -0.143. The number of fused-ring (bicyclic) bond motifs is 2. The van der Waals surface area contributed by atoms with Crippen molar-refractivity contribution >= 4 is 92.9 Å². The highest BCUT2D eigenvalue weighted by Crippen LogP contribution is 2.21. The predicted octanol–water partition coefficient (Wildman–Crippen LogP) is -3.02. The maximum Gasteiger partial charge on any atom is 0.326 e. The van der Waals surface area contributed by atoms with Crippen LogP contribution in [-0.4, -0.2) is 147 Å². The van der Waals surface area contributed by atoms with Gasteiger partial charge in [-0.3, -0.25) is 52.9 Å². The van der Waals surface area contributed by atoms with E-state index in [4.69, 9.17) is 33.8 Å². The first kappa shape index (κ1) is 61.5. The molecule has 2 heterocycles. The summed E-state index contributed by atoms with van der Waals surface area (Å²) in [7, 11) is 0. The number of benzene rings is 2. The van der Waals surface area contributed by atoms with Crippen LogP contribution in [0.2, 0.25) is 0 Å². The Hall–Kier alpha value is -9.08. The smallest absolute Gasteiger partial charge is 0.326 e. The van der Waals surface area contributed by atoms with E-state index in [1.54, 1.807) is 32.3 Å². The van der Waals surface area contributed by atoms with Gasteiger partial charge in [0.05, 0.1) is 19.0 Å². The number of nitrogens with one attached hydrogen (secondary N) is 9. The molecule has 7 atom stereocenters. The fourth-order valence-corrected chi connectivity index (χ4v) is 8.23. The van der Waals surface area contributed by atoms with Gasteiger partial charge in [0.1, 0.15) is 36.3 Å². The Kier molecular flexibility index (Phi) is 23.5. The summed E-state index contributed by atoms with van der Waals surface area (Å²) in [6.45, 7) is 2.63. The number of aromatic nitrogens is 2. The summed E-state index contributed by atoms with van der Waals surface area (Å²) in [5.74, 6) is -12.1. The van der Waals surface area contributed by atoms with E-state index in [1.165, 1.54) is 0 Å². The van der Waals surface area contributed by atoms with E-state index < -0.39 is 146 Å². The molecule has 2 aromatic heterocycles. The van der Waals surface area contributed by atoms with Gasteiger partial charge in [-0.15, -0.1) is 0 Å². The van der Waals surface area contributed by atoms with Crippen LogP contribution in [0.15, 0.2) is 65.9 Å². The molecule has 4 aromatic rings. The Morgan fingerprint density at radius 3 is 1.63 bits per heavy atom. The van der Waals surface area contributed by atoms with Gasteiger partial charge in [0.2, 0.25) is 53.2 Å². The SMILES string of the molecule is CC(C)C[C@H](NC(=O)[C@H](Cc1c[nH]c2ccccc12)NC(=O)[C@@H](N)Cc1c[nH]c2ccccc12)C(=O)N[C@@H](CC(N)=O)C(=O)N[C@@H](CCC(N)=O)C(=O)NCC(=O)N[C@@H](CCCN=C(N)N)C(=O)N[C@@H](CCC(=O)O)C(=O)O. The minimum atomic E-state index is -1.79. The molecule has 0 saturated carbocycles.